The minimum atomic E-state index is -0.638. The molecule has 0 aliphatic heterocycles. The van der Waals surface area contributed by atoms with E-state index >= 15 is 0 Å². The Kier molecular flexibility index (Phi) is 9.37. The fraction of sp³-hybridized carbons (Fsp3) is 0.286. The summed E-state index contributed by atoms with van der Waals surface area (Å²) in [6, 6.07) is 11.8. The van der Waals surface area contributed by atoms with Gasteiger partial charge < -0.3 is 4.74 Å². The van der Waals surface area contributed by atoms with Gasteiger partial charge in [-0.15, -0.1) is 0 Å². The van der Waals surface area contributed by atoms with Crippen LogP contribution in [0, 0.1) is 10.1 Å². The number of non-ortho nitro benzene ring substituents is 1. The van der Waals surface area contributed by atoms with Crippen molar-refractivity contribution >= 4 is 34.8 Å². The quantitative estimate of drug-likeness (QED) is 0.234. The molecule has 0 bridgehead atoms. The molecular weight excluding hydrogens is 420 g/mol. The van der Waals surface area contributed by atoms with Crippen molar-refractivity contribution in [2.75, 3.05) is 6.61 Å². The second-order valence-corrected chi connectivity index (χ2v) is 7.01. The molecule has 9 nitrogen and oxygen atoms in total. The van der Waals surface area contributed by atoms with Gasteiger partial charge in [0.05, 0.1) is 11.5 Å². The molecule has 0 unspecified atom stereocenters. The van der Waals surface area contributed by atoms with E-state index in [1.807, 2.05) is 0 Å². The molecule has 0 saturated carbocycles. The third-order valence-corrected chi connectivity index (χ3v) is 4.42. The van der Waals surface area contributed by atoms with Gasteiger partial charge in [0.2, 0.25) is 0 Å². The number of thiocarbonyl (C=S) groups is 1. The van der Waals surface area contributed by atoms with Gasteiger partial charge in [-0.1, -0.05) is 32.3 Å². The molecule has 10 heteroatoms. The lowest BCUT2D eigenvalue weighted by molar-refractivity contribution is -0.384. The summed E-state index contributed by atoms with van der Waals surface area (Å²) < 4.78 is 5.64. The molecule has 2 amide bonds. The fourth-order valence-corrected chi connectivity index (χ4v) is 2.72. The van der Waals surface area contributed by atoms with Gasteiger partial charge in [0.15, 0.2) is 5.11 Å². The first-order chi connectivity index (χ1) is 14.9. The van der Waals surface area contributed by atoms with Crippen LogP contribution in [0.2, 0.25) is 0 Å². The topological polar surface area (TPSA) is 123 Å². The number of ether oxygens (including phenoxy) is 1. The molecule has 0 saturated heterocycles. The number of benzene rings is 2. The second kappa shape index (κ2) is 12.2. The molecule has 0 radical (unpaired) electrons. The average Bonchev–Trinajstić information content (AvgIpc) is 2.77. The Labute approximate surface area is 185 Å². The number of amides is 2. The van der Waals surface area contributed by atoms with Crippen LogP contribution < -0.4 is 20.9 Å². The van der Waals surface area contributed by atoms with Crippen molar-refractivity contribution in [3.8, 4) is 5.75 Å². The largest absolute Gasteiger partial charge is 0.494 e. The molecule has 0 heterocycles. The summed E-state index contributed by atoms with van der Waals surface area (Å²) in [7, 11) is 0. The van der Waals surface area contributed by atoms with Gasteiger partial charge in [-0.25, -0.2) is 0 Å². The summed E-state index contributed by atoms with van der Waals surface area (Å²) in [6.07, 6.45) is 4.46. The standard InChI is InChI=1S/C21H24N4O5S/c1-2-3-4-5-13-30-18-11-9-15(10-12-18)19(26)22-21(31)24-23-20(27)16-7-6-8-17(14-16)25(28)29/h6-12,14H,2-5,13H2,1H3,(H,23,27)(H2,22,24,26,31). The maximum Gasteiger partial charge on any atom is 0.270 e. The summed E-state index contributed by atoms with van der Waals surface area (Å²) in [4.78, 5) is 34.5. The minimum absolute atomic E-state index is 0.0705. The van der Waals surface area contributed by atoms with Crippen molar-refractivity contribution in [2.24, 2.45) is 0 Å². The van der Waals surface area contributed by atoms with E-state index in [1.165, 1.54) is 31.0 Å². The molecule has 2 rings (SSSR count). The van der Waals surface area contributed by atoms with E-state index in [1.54, 1.807) is 24.3 Å². The van der Waals surface area contributed by atoms with Crippen molar-refractivity contribution < 1.29 is 19.2 Å². The number of hydrogen-bond donors (Lipinski definition) is 3. The number of hydrazine groups is 1. The van der Waals surface area contributed by atoms with Crippen LogP contribution in [0.4, 0.5) is 5.69 Å². The second-order valence-electron chi connectivity index (χ2n) is 6.60. The minimum Gasteiger partial charge on any atom is -0.494 e. The molecular formula is C21H24N4O5S. The maximum atomic E-state index is 12.3. The fourth-order valence-electron chi connectivity index (χ4n) is 2.57. The van der Waals surface area contributed by atoms with E-state index in [0.717, 1.165) is 18.9 Å². The van der Waals surface area contributed by atoms with Gasteiger partial charge in [0, 0.05) is 23.3 Å². The number of carbonyl (C=O) groups excluding carboxylic acids is 2. The van der Waals surface area contributed by atoms with Crippen LogP contribution in [-0.4, -0.2) is 28.5 Å². The zero-order valence-electron chi connectivity index (χ0n) is 17.1. The monoisotopic (exact) mass is 444 g/mol. The normalized spacial score (nSPS) is 10.1. The zero-order valence-corrected chi connectivity index (χ0v) is 17.9. The van der Waals surface area contributed by atoms with Crippen molar-refractivity contribution in [1.82, 2.24) is 16.2 Å². The van der Waals surface area contributed by atoms with E-state index in [2.05, 4.69) is 23.1 Å². The maximum absolute atomic E-state index is 12.3. The van der Waals surface area contributed by atoms with E-state index in [-0.39, 0.29) is 16.4 Å². The number of nitrogens with one attached hydrogen (secondary N) is 3. The Hall–Kier alpha value is -3.53. The highest BCUT2D eigenvalue weighted by Gasteiger charge is 2.13. The summed E-state index contributed by atoms with van der Waals surface area (Å²) in [5.74, 6) is -0.421. The average molecular weight is 445 g/mol. The van der Waals surface area contributed by atoms with Crippen LogP contribution >= 0.6 is 12.2 Å². The molecule has 0 aliphatic carbocycles. The lowest BCUT2D eigenvalue weighted by atomic mass is 10.2. The Balaban J connectivity index is 1.79. The van der Waals surface area contributed by atoms with Crippen LogP contribution in [0.3, 0.4) is 0 Å². The highest BCUT2D eigenvalue weighted by Crippen LogP contribution is 2.14. The number of carbonyl (C=O) groups is 2. The SMILES string of the molecule is CCCCCCOc1ccc(C(=O)NC(=S)NNC(=O)c2cccc([N+](=O)[O-])c2)cc1. The lowest BCUT2D eigenvalue weighted by Crippen LogP contribution is -2.48. The van der Waals surface area contributed by atoms with Crippen molar-refractivity contribution in [3.63, 3.8) is 0 Å². The molecule has 3 N–H and O–H groups in total. The zero-order chi connectivity index (χ0) is 22.6. The van der Waals surface area contributed by atoms with Gasteiger partial charge in [-0.05, 0) is 49.0 Å². The number of rotatable bonds is 9. The highest BCUT2D eigenvalue weighted by atomic mass is 32.1. The smallest absolute Gasteiger partial charge is 0.270 e. The van der Waals surface area contributed by atoms with Crippen LogP contribution in [0.15, 0.2) is 48.5 Å². The molecule has 0 atom stereocenters. The molecule has 31 heavy (non-hydrogen) atoms. The van der Waals surface area contributed by atoms with Gasteiger partial charge in [0.25, 0.3) is 17.5 Å². The summed E-state index contributed by atoms with van der Waals surface area (Å²) in [6.45, 7) is 2.78. The molecule has 2 aromatic carbocycles. The van der Waals surface area contributed by atoms with E-state index < -0.39 is 16.7 Å². The summed E-state index contributed by atoms with van der Waals surface area (Å²) in [5, 5.41) is 13.1. The number of nitro groups is 1. The Morgan fingerprint density at radius 2 is 1.74 bits per heavy atom. The number of nitro benzene ring substituents is 1. The predicted octanol–water partition coefficient (Wildman–Crippen LogP) is 3.50. The molecule has 0 spiro atoms. The molecule has 0 fully saturated rings. The first-order valence-corrected chi connectivity index (χ1v) is 10.2. The lowest BCUT2D eigenvalue weighted by Gasteiger charge is -2.11. The molecule has 0 aromatic heterocycles. The van der Waals surface area contributed by atoms with Gasteiger partial charge in [-0.2, -0.15) is 0 Å². The van der Waals surface area contributed by atoms with Crippen LogP contribution in [0.1, 0.15) is 53.3 Å². The van der Waals surface area contributed by atoms with E-state index in [4.69, 9.17) is 17.0 Å². The summed E-state index contributed by atoms with van der Waals surface area (Å²) >= 11 is 4.99. The number of nitrogens with zero attached hydrogens (tertiary/aromatic N) is 1. The van der Waals surface area contributed by atoms with Gasteiger partial charge in [-0.3, -0.25) is 35.9 Å². The summed E-state index contributed by atoms with van der Waals surface area (Å²) in [5.41, 5.74) is 4.90. The van der Waals surface area contributed by atoms with E-state index in [0.29, 0.717) is 17.9 Å². The van der Waals surface area contributed by atoms with Crippen molar-refractivity contribution in [3.05, 3.63) is 69.8 Å². The number of unbranched alkanes of at least 4 members (excludes halogenated alkanes) is 3. The van der Waals surface area contributed by atoms with Crippen molar-refractivity contribution in [1.29, 1.82) is 0 Å². The molecule has 2 aromatic rings. The Morgan fingerprint density at radius 3 is 2.42 bits per heavy atom. The van der Waals surface area contributed by atoms with Gasteiger partial charge >= 0.3 is 0 Å². The highest BCUT2D eigenvalue weighted by molar-refractivity contribution is 7.80. The third kappa shape index (κ3) is 8.01. The Morgan fingerprint density at radius 1 is 1.00 bits per heavy atom. The predicted molar refractivity (Wildman–Crippen MR) is 120 cm³/mol. The molecule has 0 aliphatic rings. The first kappa shape index (κ1) is 23.7. The molecule has 164 valence electrons. The first-order valence-electron chi connectivity index (χ1n) is 9.79. The third-order valence-electron chi connectivity index (χ3n) is 4.22. The van der Waals surface area contributed by atoms with E-state index in [9.17, 15) is 19.7 Å². The van der Waals surface area contributed by atoms with Crippen LogP contribution in [0.25, 0.3) is 0 Å². The van der Waals surface area contributed by atoms with Crippen LogP contribution in [-0.2, 0) is 0 Å². The van der Waals surface area contributed by atoms with Crippen LogP contribution in [0.5, 0.6) is 5.75 Å². The van der Waals surface area contributed by atoms with Gasteiger partial charge in [0.1, 0.15) is 5.75 Å². The van der Waals surface area contributed by atoms with Crippen molar-refractivity contribution in [2.45, 2.75) is 32.6 Å². The number of hydrogen-bond acceptors (Lipinski definition) is 6. The Bertz CT molecular complexity index is 934.